The number of sulfone groups is 1. The first kappa shape index (κ1) is 16.3. The van der Waals surface area contributed by atoms with Crippen LogP contribution in [0.5, 0.6) is 5.75 Å². The molecule has 1 aliphatic heterocycles. The van der Waals surface area contributed by atoms with Crippen molar-refractivity contribution in [3.05, 3.63) is 29.8 Å². The Balaban J connectivity index is 2.15. The number of nitrogens with one attached hydrogen (secondary N) is 1. The maximum atomic E-state index is 11.7. The fraction of sp³-hybridized carbons (Fsp3) is 0.600. The molecular weight excluding hydrogens is 288 g/mol. The van der Waals surface area contributed by atoms with Crippen molar-refractivity contribution in [3.63, 3.8) is 0 Å². The van der Waals surface area contributed by atoms with Crippen molar-refractivity contribution in [2.45, 2.75) is 13.0 Å². The third-order valence-electron chi connectivity index (χ3n) is 3.98. The summed E-state index contributed by atoms with van der Waals surface area (Å²) in [5.41, 5.74) is 1.11. The second-order valence-electron chi connectivity index (χ2n) is 5.23. The minimum Gasteiger partial charge on any atom is -0.496 e. The lowest BCUT2D eigenvalue weighted by atomic mass is 10.0. The Hall–Kier alpha value is -1.11. The smallest absolute Gasteiger partial charge is 0.151 e. The summed E-state index contributed by atoms with van der Waals surface area (Å²) < 4.78 is 28.9. The van der Waals surface area contributed by atoms with Gasteiger partial charge in [0.25, 0.3) is 0 Å². The Morgan fingerprint density at radius 1 is 1.38 bits per heavy atom. The molecule has 1 aromatic rings. The summed E-state index contributed by atoms with van der Waals surface area (Å²) in [4.78, 5) is 2.24. The van der Waals surface area contributed by atoms with Gasteiger partial charge in [0, 0.05) is 37.5 Å². The highest BCUT2D eigenvalue weighted by atomic mass is 32.2. The summed E-state index contributed by atoms with van der Waals surface area (Å²) in [6.07, 6.45) is 0. The zero-order chi connectivity index (χ0) is 15.3. The van der Waals surface area contributed by atoms with Crippen molar-refractivity contribution in [1.29, 1.82) is 0 Å². The summed E-state index contributed by atoms with van der Waals surface area (Å²) in [6, 6.07) is 8.10. The molecule has 0 amide bonds. The number of benzene rings is 1. The second kappa shape index (κ2) is 7.24. The highest BCUT2D eigenvalue weighted by molar-refractivity contribution is 7.91. The topological polar surface area (TPSA) is 58.6 Å². The van der Waals surface area contributed by atoms with Crippen molar-refractivity contribution in [2.75, 3.05) is 44.8 Å². The fourth-order valence-electron chi connectivity index (χ4n) is 2.66. The first-order valence-corrected chi connectivity index (χ1v) is 9.17. The molecule has 6 heteroatoms. The second-order valence-corrected chi connectivity index (χ2v) is 7.71. The average molecular weight is 312 g/mol. The number of piperazine rings is 1. The van der Waals surface area contributed by atoms with E-state index < -0.39 is 9.84 Å². The minimum atomic E-state index is -2.93. The van der Waals surface area contributed by atoms with Gasteiger partial charge in [-0.25, -0.2) is 8.42 Å². The molecule has 0 saturated carbocycles. The number of nitrogens with zero attached hydrogens (tertiary/aromatic N) is 1. The molecule has 1 atom stereocenters. The predicted octanol–water partition coefficient (Wildman–Crippen LogP) is 1.08. The number of para-hydroxylation sites is 1. The van der Waals surface area contributed by atoms with Crippen molar-refractivity contribution in [3.8, 4) is 5.75 Å². The van der Waals surface area contributed by atoms with E-state index in [4.69, 9.17) is 4.74 Å². The number of hydrogen-bond donors (Lipinski definition) is 1. The molecule has 118 valence electrons. The van der Waals surface area contributed by atoms with Crippen LogP contribution < -0.4 is 10.1 Å². The van der Waals surface area contributed by atoms with Crippen LogP contribution in [0.1, 0.15) is 18.5 Å². The molecule has 0 bridgehead atoms. The van der Waals surface area contributed by atoms with Crippen LogP contribution in [0.3, 0.4) is 0 Å². The van der Waals surface area contributed by atoms with Gasteiger partial charge in [0.15, 0.2) is 9.84 Å². The summed E-state index contributed by atoms with van der Waals surface area (Å²) in [6.45, 7) is 4.82. The van der Waals surface area contributed by atoms with E-state index in [2.05, 4.69) is 16.3 Å². The van der Waals surface area contributed by atoms with Crippen LogP contribution in [0.15, 0.2) is 24.3 Å². The van der Waals surface area contributed by atoms with Gasteiger partial charge in [-0.05, 0) is 6.07 Å². The van der Waals surface area contributed by atoms with E-state index in [0.717, 1.165) is 30.9 Å². The summed E-state index contributed by atoms with van der Waals surface area (Å²) in [7, 11) is -1.27. The maximum Gasteiger partial charge on any atom is 0.151 e. The highest BCUT2D eigenvalue weighted by Crippen LogP contribution is 2.29. The van der Waals surface area contributed by atoms with Crippen LogP contribution >= 0.6 is 0 Å². The highest BCUT2D eigenvalue weighted by Gasteiger charge is 2.26. The van der Waals surface area contributed by atoms with E-state index >= 15 is 0 Å². The van der Waals surface area contributed by atoms with E-state index in [0.29, 0.717) is 6.54 Å². The van der Waals surface area contributed by atoms with Gasteiger partial charge in [0.05, 0.1) is 18.9 Å². The zero-order valence-electron chi connectivity index (χ0n) is 12.7. The van der Waals surface area contributed by atoms with Crippen molar-refractivity contribution in [1.82, 2.24) is 10.2 Å². The minimum absolute atomic E-state index is 0.155. The molecule has 1 aromatic carbocycles. The molecule has 0 spiro atoms. The molecular formula is C15H24N2O3S. The average Bonchev–Trinajstić information content (AvgIpc) is 2.53. The van der Waals surface area contributed by atoms with Gasteiger partial charge in [-0.2, -0.15) is 0 Å². The largest absolute Gasteiger partial charge is 0.496 e. The first-order valence-electron chi connectivity index (χ1n) is 7.35. The summed E-state index contributed by atoms with van der Waals surface area (Å²) in [5, 5.41) is 3.38. The van der Waals surface area contributed by atoms with Gasteiger partial charge >= 0.3 is 0 Å². The molecule has 0 aromatic heterocycles. The lowest BCUT2D eigenvalue weighted by Crippen LogP contribution is -2.47. The van der Waals surface area contributed by atoms with Gasteiger partial charge in [-0.15, -0.1) is 0 Å². The van der Waals surface area contributed by atoms with Crippen LogP contribution in [0, 0.1) is 0 Å². The lowest BCUT2D eigenvalue weighted by Gasteiger charge is -2.37. The normalized spacial score (nSPS) is 20.4. The quantitative estimate of drug-likeness (QED) is 0.852. The molecule has 1 heterocycles. The Morgan fingerprint density at radius 3 is 2.86 bits per heavy atom. The van der Waals surface area contributed by atoms with Gasteiger partial charge in [0.2, 0.25) is 0 Å². The molecule has 21 heavy (non-hydrogen) atoms. The van der Waals surface area contributed by atoms with Crippen molar-refractivity contribution >= 4 is 9.84 Å². The van der Waals surface area contributed by atoms with Gasteiger partial charge in [-0.3, -0.25) is 4.90 Å². The van der Waals surface area contributed by atoms with Crippen LogP contribution in [0.4, 0.5) is 0 Å². The van der Waals surface area contributed by atoms with Gasteiger partial charge < -0.3 is 10.1 Å². The van der Waals surface area contributed by atoms with Crippen molar-refractivity contribution < 1.29 is 13.2 Å². The zero-order valence-corrected chi connectivity index (χ0v) is 13.5. The molecule has 1 fully saturated rings. The SMILES string of the molecule is CCS(=O)(=O)CCN1CCNCC1c1ccccc1OC. The summed E-state index contributed by atoms with van der Waals surface area (Å²) in [5.74, 6) is 1.28. The first-order chi connectivity index (χ1) is 10.1. The van der Waals surface area contributed by atoms with Gasteiger partial charge in [0.1, 0.15) is 5.75 Å². The van der Waals surface area contributed by atoms with Crippen LogP contribution in [0.25, 0.3) is 0 Å². The Bertz CT molecular complexity index is 560. The molecule has 1 saturated heterocycles. The summed E-state index contributed by atoms with van der Waals surface area (Å²) >= 11 is 0. The Morgan fingerprint density at radius 2 is 2.14 bits per heavy atom. The molecule has 5 nitrogen and oxygen atoms in total. The third-order valence-corrected chi connectivity index (χ3v) is 5.67. The molecule has 1 aliphatic rings. The van der Waals surface area contributed by atoms with Gasteiger partial charge in [-0.1, -0.05) is 25.1 Å². The number of methoxy groups -OCH3 is 1. The maximum absolute atomic E-state index is 11.7. The molecule has 0 radical (unpaired) electrons. The Labute approximate surface area is 127 Å². The fourth-order valence-corrected chi connectivity index (χ4v) is 3.46. The van der Waals surface area contributed by atoms with Crippen molar-refractivity contribution in [2.24, 2.45) is 0 Å². The molecule has 1 N–H and O–H groups in total. The van der Waals surface area contributed by atoms with E-state index in [-0.39, 0.29) is 17.5 Å². The third kappa shape index (κ3) is 4.18. The van der Waals surface area contributed by atoms with Crippen LogP contribution in [-0.4, -0.2) is 58.1 Å². The van der Waals surface area contributed by atoms with E-state index in [1.54, 1.807) is 14.0 Å². The van der Waals surface area contributed by atoms with E-state index in [1.165, 1.54) is 0 Å². The predicted molar refractivity (Wildman–Crippen MR) is 84.5 cm³/mol. The monoisotopic (exact) mass is 312 g/mol. The number of hydrogen-bond acceptors (Lipinski definition) is 5. The molecule has 0 aliphatic carbocycles. The van der Waals surface area contributed by atoms with E-state index in [1.807, 2.05) is 18.2 Å². The molecule has 2 rings (SSSR count). The van der Waals surface area contributed by atoms with Crippen LogP contribution in [0.2, 0.25) is 0 Å². The van der Waals surface area contributed by atoms with Crippen LogP contribution in [-0.2, 0) is 9.84 Å². The molecule has 1 unspecified atom stereocenters. The Kier molecular flexibility index (Phi) is 5.61. The standard InChI is InChI=1S/C15H24N2O3S/c1-3-21(18,19)11-10-17-9-8-16-12-14(17)13-6-4-5-7-15(13)20-2/h4-7,14,16H,3,8-12H2,1-2H3. The number of ether oxygens (including phenoxy) is 1. The van der Waals surface area contributed by atoms with E-state index in [9.17, 15) is 8.42 Å². The lowest BCUT2D eigenvalue weighted by molar-refractivity contribution is 0.168. The number of rotatable bonds is 6.